The minimum Gasteiger partial charge on any atom is -0.331 e. The fourth-order valence-electron chi connectivity index (χ4n) is 1.94. The molecular formula is C16H22N4O3S2. The lowest BCUT2D eigenvalue weighted by molar-refractivity contribution is 0.0975. The molecule has 1 aromatic heterocycles. The lowest BCUT2D eigenvalue weighted by Gasteiger charge is -2.12. The molecule has 0 spiro atoms. The molecule has 0 bridgehead atoms. The number of nitrogens with zero attached hydrogens (tertiary/aromatic N) is 2. The van der Waals surface area contributed by atoms with Gasteiger partial charge in [0.05, 0.1) is 0 Å². The van der Waals surface area contributed by atoms with E-state index in [0.717, 1.165) is 15.6 Å². The first-order chi connectivity index (χ1) is 11.6. The van der Waals surface area contributed by atoms with E-state index in [2.05, 4.69) is 36.3 Å². The number of hydrogen-bond donors (Lipinski definition) is 2. The number of anilines is 2. The van der Waals surface area contributed by atoms with Crippen LogP contribution in [-0.4, -0.2) is 37.7 Å². The van der Waals surface area contributed by atoms with Gasteiger partial charge in [0.25, 0.3) is 5.91 Å². The highest BCUT2D eigenvalue weighted by molar-refractivity contribution is 7.87. The Balaban J connectivity index is 2.17. The SMILES string of the molecule is Cc1ccc(C(C)C)cc1Nc1nc(C(=O)NS(=O)(=O)N(C)C)cs1. The van der Waals surface area contributed by atoms with Crippen LogP contribution in [0.4, 0.5) is 10.8 Å². The van der Waals surface area contributed by atoms with Crippen molar-refractivity contribution in [3.8, 4) is 0 Å². The number of aromatic nitrogens is 1. The number of amides is 1. The van der Waals surface area contributed by atoms with Crippen LogP contribution in [0, 0.1) is 6.92 Å². The van der Waals surface area contributed by atoms with Crippen LogP contribution in [0.3, 0.4) is 0 Å². The smallest absolute Gasteiger partial charge is 0.303 e. The molecule has 0 aliphatic rings. The minimum absolute atomic E-state index is 0.0515. The zero-order valence-corrected chi connectivity index (χ0v) is 16.5. The maximum absolute atomic E-state index is 12.0. The van der Waals surface area contributed by atoms with Crippen LogP contribution in [-0.2, 0) is 10.2 Å². The summed E-state index contributed by atoms with van der Waals surface area (Å²) in [7, 11) is -1.16. The predicted molar refractivity (Wildman–Crippen MR) is 101 cm³/mol. The largest absolute Gasteiger partial charge is 0.331 e. The highest BCUT2D eigenvalue weighted by atomic mass is 32.2. The second-order valence-electron chi connectivity index (χ2n) is 6.11. The molecule has 0 radical (unpaired) electrons. The van der Waals surface area contributed by atoms with Crippen LogP contribution in [0.15, 0.2) is 23.6 Å². The minimum atomic E-state index is -3.84. The third-order valence-electron chi connectivity index (χ3n) is 3.61. The van der Waals surface area contributed by atoms with Gasteiger partial charge in [-0.05, 0) is 30.0 Å². The van der Waals surface area contributed by atoms with Gasteiger partial charge in [-0.25, -0.2) is 9.71 Å². The van der Waals surface area contributed by atoms with E-state index in [4.69, 9.17) is 0 Å². The summed E-state index contributed by atoms with van der Waals surface area (Å²) in [6, 6.07) is 6.16. The van der Waals surface area contributed by atoms with Gasteiger partial charge in [-0.2, -0.15) is 12.7 Å². The van der Waals surface area contributed by atoms with Crippen molar-refractivity contribution in [3.05, 3.63) is 40.4 Å². The van der Waals surface area contributed by atoms with Crippen molar-refractivity contribution in [1.29, 1.82) is 0 Å². The first-order valence-electron chi connectivity index (χ1n) is 7.68. The molecule has 0 fully saturated rings. The molecule has 1 heterocycles. The summed E-state index contributed by atoms with van der Waals surface area (Å²) in [4.78, 5) is 16.2. The molecule has 1 amide bonds. The Hall–Kier alpha value is -1.97. The zero-order chi connectivity index (χ0) is 18.8. The maximum Gasteiger partial charge on any atom is 0.303 e. The van der Waals surface area contributed by atoms with Crippen molar-refractivity contribution >= 4 is 38.3 Å². The number of carbonyl (C=O) groups is 1. The fourth-order valence-corrected chi connectivity index (χ4v) is 3.17. The van der Waals surface area contributed by atoms with Crippen LogP contribution in [0.5, 0.6) is 0 Å². The summed E-state index contributed by atoms with van der Waals surface area (Å²) in [6.07, 6.45) is 0. The van der Waals surface area contributed by atoms with Crippen molar-refractivity contribution in [1.82, 2.24) is 14.0 Å². The Labute approximate surface area is 152 Å². The Morgan fingerprint density at radius 3 is 2.56 bits per heavy atom. The number of nitrogens with one attached hydrogen (secondary N) is 2. The summed E-state index contributed by atoms with van der Waals surface area (Å²) in [5.74, 6) is -0.360. The van der Waals surface area contributed by atoms with Gasteiger partial charge in [0.15, 0.2) is 5.13 Å². The zero-order valence-electron chi connectivity index (χ0n) is 14.8. The van der Waals surface area contributed by atoms with Gasteiger partial charge < -0.3 is 5.32 Å². The molecule has 25 heavy (non-hydrogen) atoms. The molecule has 0 saturated heterocycles. The molecule has 0 unspecified atom stereocenters. The number of benzene rings is 1. The summed E-state index contributed by atoms with van der Waals surface area (Å²) in [6.45, 7) is 6.22. The summed E-state index contributed by atoms with van der Waals surface area (Å²) >= 11 is 1.24. The normalized spacial score (nSPS) is 11.8. The Morgan fingerprint density at radius 2 is 1.96 bits per heavy atom. The Morgan fingerprint density at radius 1 is 1.28 bits per heavy atom. The van der Waals surface area contributed by atoms with E-state index < -0.39 is 16.1 Å². The van der Waals surface area contributed by atoms with E-state index in [9.17, 15) is 13.2 Å². The second-order valence-corrected chi connectivity index (χ2v) is 8.85. The van der Waals surface area contributed by atoms with Gasteiger partial charge >= 0.3 is 10.2 Å². The molecule has 2 N–H and O–H groups in total. The van der Waals surface area contributed by atoms with Crippen LogP contribution >= 0.6 is 11.3 Å². The van der Waals surface area contributed by atoms with Crippen LogP contribution in [0.25, 0.3) is 0 Å². The predicted octanol–water partition coefficient (Wildman–Crippen LogP) is 2.85. The van der Waals surface area contributed by atoms with Crippen LogP contribution in [0.2, 0.25) is 0 Å². The number of aryl methyl sites for hydroxylation is 1. The van der Waals surface area contributed by atoms with E-state index in [1.165, 1.54) is 36.4 Å². The van der Waals surface area contributed by atoms with Gasteiger partial charge in [-0.15, -0.1) is 11.3 Å². The van der Waals surface area contributed by atoms with Crippen molar-refractivity contribution in [2.24, 2.45) is 0 Å². The van der Waals surface area contributed by atoms with Crippen molar-refractivity contribution < 1.29 is 13.2 Å². The number of carbonyl (C=O) groups excluding carboxylic acids is 1. The summed E-state index contributed by atoms with van der Waals surface area (Å²) in [5.41, 5.74) is 3.21. The average Bonchev–Trinajstić information content (AvgIpc) is 2.97. The fraction of sp³-hybridized carbons (Fsp3) is 0.375. The Bertz CT molecular complexity index is 873. The number of thiazole rings is 1. The average molecular weight is 383 g/mol. The quantitative estimate of drug-likeness (QED) is 0.802. The van der Waals surface area contributed by atoms with Gasteiger partial charge in [0, 0.05) is 25.2 Å². The van der Waals surface area contributed by atoms with E-state index >= 15 is 0 Å². The molecule has 2 rings (SSSR count). The van der Waals surface area contributed by atoms with E-state index in [1.54, 1.807) is 0 Å². The third-order valence-corrected chi connectivity index (χ3v) is 5.77. The maximum atomic E-state index is 12.0. The molecule has 2 aromatic rings. The van der Waals surface area contributed by atoms with Gasteiger partial charge in [-0.1, -0.05) is 26.0 Å². The molecule has 9 heteroatoms. The first-order valence-corrected chi connectivity index (χ1v) is 10.00. The Kier molecular flexibility index (Phi) is 5.81. The standard InChI is InChI=1S/C16H22N4O3S2/c1-10(2)12-7-6-11(3)13(8-12)17-16-18-14(9-24-16)15(21)19-25(22,23)20(4)5/h6-10H,1-5H3,(H,17,18)(H,19,21). The monoisotopic (exact) mass is 382 g/mol. The highest BCUT2D eigenvalue weighted by Crippen LogP contribution is 2.27. The molecule has 0 aliphatic carbocycles. The number of hydrogen-bond acceptors (Lipinski definition) is 6. The molecule has 7 nitrogen and oxygen atoms in total. The van der Waals surface area contributed by atoms with E-state index in [1.807, 2.05) is 17.7 Å². The lowest BCUT2D eigenvalue weighted by Crippen LogP contribution is -2.39. The van der Waals surface area contributed by atoms with Gasteiger partial charge in [-0.3, -0.25) is 4.79 Å². The van der Waals surface area contributed by atoms with Crippen molar-refractivity contribution in [2.75, 3.05) is 19.4 Å². The first kappa shape index (κ1) is 19.4. The topological polar surface area (TPSA) is 91.4 Å². The van der Waals surface area contributed by atoms with E-state index in [-0.39, 0.29) is 5.69 Å². The summed E-state index contributed by atoms with van der Waals surface area (Å²) in [5, 5.41) is 5.24. The molecular weight excluding hydrogens is 360 g/mol. The molecule has 0 aliphatic heterocycles. The third kappa shape index (κ3) is 4.77. The molecule has 0 saturated carbocycles. The summed E-state index contributed by atoms with van der Waals surface area (Å²) < 4.78 is 26.3. The van der Waals surface area contributed by atoms with Crippen LogP contribution < -0.4 is 10.0 Å². The van der Waals surface area contributed by atoms with Gasteiger partial charge in [0.1, 0.15) is 5.69 Å². The second kappa shape index (κ2) is 7.51. The van der Waals surface area contributed by atoms with Crippen molar-refractivity contribution in [2.45, 2.75) is 26.7 Å². The lowest BCUT2D eigenvalue weighted by atomic mass is 10.0. The number of rotatable bonds is 6. The highest BCUT2D eigenvalue weighted by Gasteiger charge is 2.20. The van der Waals surface area contributed by atoms with E-state index in [0.29, 0.717) is 11.0 Å². The van der Waals surface area contributed by atoms with Crippen molar-refractivity contribution in [3.63, 3.8) is 0 Å². The molecule has 1 aromatic carbocycles. The molecule has 136 valence electrons. The van der Waals surface area contributed by atoms with Crippen LogP contribution in [0.1, 0.15) is 41.4 Å². The van der Waals surface area contributed by atoms with Gasteiger partial charge in [0.2, 0.25) is 0 Å². The molecule has 0 atom stereocenters.